The van der Waals surface area contributed by atoms with E-state index in [1.54, 1.807) is 13.2 Å². The van der Waals surface area contributed by atoms with E-state index in [-0.39, 0.29) is 18.4 Å². The lowest BCUT2D eigenvalue weighted by Gasteiger charge is -2.29. The van der Waals surface area contributed by atoms with E-state index in [0.717, 1.165) is 46.3 Å². The SMILES string of the molecule is CNC(=O)c1sc2ncccc2c1C1CCC(CNC(=O)COc2ccccc2)CC1. The number of aromatic nitrogens is 1. The van der Waals surface area contributed by atoms with Crippen LogP contribution in [0.2, 0.25) is 0 Å². The summed E-state index contributed by atoms with van der Waals surface area (Å²) in [5, 5.41) is 6.87. The first-order valence-corrected chi connectivity index (χ1v) is 11.5. The van der Waals surface area contributed by atoms with Gasteiger partial charge in [-0.2, -0.15) is 0 Å². The van der Waals surface area contributed by atoms with E-state index < -0.39 is 0 Å². The monoisotopic (exact) mass is 437 g/mol. The fourth-order valence-electron chi connectivity index (χ4n) is 4.27. The van der Waals surface area contributed by atoms with Gasteiger partial charge in [0.25, 0.3) is 11.8 Å². The minimum Gasteiger partial charge on any atom is -0.484 e. The van der Waals surface area contributed by atoms with Gasteiger partial charge in [-0.15, -0.1) is 11.3 Å². The van der Waals surface area contributed by atoms with Crippen LogP contribution in [-0.2, 0) is 4.79 Å². The molecule has 6 nitrogen and oxygen atoms in total. The van der Waals surface area contributed by atoms with E-state index in [0.29, 0.717) is 24.1 Å². The third-order valence-corrected chi connectivity index (χ3v) is 7.02. The Labute approximate surface area is 186 Å². The maximum absolute atomic E-state index is 12.5. The summed E-state index contributed by atoms with van der Waals surface area (Å²) in [6.07, 6.45) is 5.83. The zero-order valence-electron chi connectivity index (χ0n) is 17.6. The molecule has 4 rings (SSSR count). The molecule has 2 aromatic heterocycles. The highest BCUT2D eigenvalue weighted by molar-refractivity contribution is 7.20. The topological polar surface area (TPSA) is 80.3 Å². The Kier molecular flexibility index (Phi) is 6.82. The molecule has 0 radical (unpaired) electrons. The summed E-state index contributed by atoms with van der Waals surface area (Å²) in [7, 11) is 1.67. The zero-order valence-corrected chi connectivity index (χ0v) is 18.4. The Hall–Kier alpha value is -2.93. The van der Waals surface area contributed by atoms with Crippen molar-refractivity contribution in [3.05, 3.63) is 59.1 Å². The van der Waals surface area contributed by atoms with Crippen molar-refractivity contribution in [1.29, 1.82) is 0 Å². The molecular formula is C24H27N3O3S. The fourth-order valence-corrected chi connectivity index (χ4v) is 5.44. The Balaban J connectivity index is 1.32. The molecule has 0 bridgehead atoms. The molecule has 1 saturated carbocycles. The zero-order chi connectivity index (χ0) is 21.6. The second kappa shape index (κ2) is 9.92. The van der Waals surface area contributed by atoms with Gasteiger partial charge in [0.05, 0.1) is 4.88 Å². The molecule has 1 fully saturated rings. The van der Waals surface area contributed by atoms with E-state index in [4.69, 9.17) is 4.74 Å². The van der Waals surface area contributed by atoms with Gasteiger partial charge in [0, 0.05) is 25.2 Å². The van der Waals surface area contributed by atoms with Gasteiger partial charge in [0.1, 0.15) is 10.6 Å². The lowest BCUT2D eigenvalue weighted by molar-refractivity contribution is -0.123. The van der Waals surface area contributed by atoms with Crippen molar-refractivity contribution in [1.82, 2.24) is 15.6 Å². The van der Waals surface area contributed by atoms with Crippen molar-refractivity contribution in [3.8, 4) is 5.75 Å². The predicted molar refractivity (Wildman–Crippen MR) is 123 cm³/mol. The molecule has 1 aliphatic carbocycles. The Bertz CT molecular complexity index is 1040. The summed E-state index contributed by atoms with van der Waals surface area (Å²) in [6, 6.07) is 13.4. The minimum atomic E-state index is -0.0946. The fraction of sp³-hybridized carbons (Fsp3) is 0.375. The average molecular weight is 438 g/mol. The van der Waals surface area contributed by atoms with Crippen LogP contribution in [0.15, 0.2) is 48.7 Å². The molecule has 0 saturated heterocycles. The van der Waals surface area contributed by atoms with Crippen LogP contribution in [-0.4, -0.2) is 37.0 Å². The average Bonchev–Trinajstić information content (AvgIpc) is 3.21. The summed E-state index contributed by atoms with van der Waals surface area (Å²) in [4.78, 5) is 30.7. The lowest BCUT2D eigenvalue weighted by Crippen LogP contribution is -2.34. The minimum absolute atomic E-state index is 0.0305. The van der Waals surface area contributed by atoms with Gasteiger partial charge in [-0.25, -0.2) is 4.98 Å². The number of rotatable bonds is 7. The normalized spacial score (nSPS) is 18.5. The number of hydrogen-bond donors (Lipinski definition) is 2. The summed E-state index contributed by atoms with van der Waals surface area (Å²) < 4.78 is 5.51. The van der Waals surface area contributed by atoms with Crippen molar-refractivity contribution >= 4 is 33.4 Å². The van der Waals surface area contributed by atoms with Crippen LogP contribution >= 0.6 is 11.3 Å². The third kappa shape index (κ3) is 5.05. The van der Waals surface area contributed by atoms with Crippen LogP contribution in [0.1, 0.15) is 46.8 Å². The molecule has 7 heteroatoms. The lowest BCUT2D eigenvalue weighted by atomic mass is 9.78. The maximum Gasteiger partial charge on any atom is 0.261 e. The third-order valence-electron chi connectivity index (χ3n) is 5.89. The summed E-state index contributed by atoms with van der Waals surface area (Å²) >= 11 is 1.47. The van der Waals surface area contributed by atoms with Crippen LogP contribution < -0.4 is 15.4 Å². The van der Waals surface area contributed by atoms with Gasteiger partial charge in [0.15, 0.2) is 6.61 Å². The standard InChI is InChI=1S/C24H27N3O3S/c1-25-23(29)22-21(19-8-5-13-26-24(19)31-22)17-11-9-16(10-12-17)14-27-20(28)15-30-18-6-3-2-4-7-18/h2-8,13,16-17H,9-12,14-15H2,1H3,(H,25,29)(H,27,28). The highest BCUT2D eigenvalue weighted by Crippen LogP contribution is 2.43. The molecule has 0 aliphatic heterocycles. The van der Waals surface area contributed by atoms with Crippen LogP contribution in [0.25, 0.3) is 10.2 Å². The van der Waals surface area contributed by atoms with Crippen LogP contribution in [0.4, 0.5) is 0 Å². The van der Waals surface area contributed by atoms with Crippen LogP contribution in [0.5, 0.6) is 5.75 Å². The molecule has 1 aliphatic rings. The first-order valence-electron chi connectivity index (χ1n) is 10.7. The van der Waals surface area contributed by atoms with Gasteiger partial charge >= 0.3 is 0 Å². The molecule has 162 valence electrons. The molecule has 2 heterocycles. The highest BCUT2D eigenvalue weighted by atomic mass is 32.1. The Morgan fingerprint density at radius 1 is 1.10 bits per heavy atom. The molecule has 3 aromatic rings. The molecule has 0 spiro atoms. The number of nitrogens with one attached hydrogen (secondary N) is 2. The molecular weight excluding hydrogens is 410 g/mol. The maximum atomic E-state index is 12.5. The first kappa shape index (κ1) is 21.3. The van der Waals surface area contributed by atoms with E-state index in [1.807, 2.05) is 36.4 Å². The summed E-state index contributed by atoms with van der Waals surface area (Å²) in [5.74, 6) is 1.36. The van der Waals surface area contributed by atoms with Gasteiger partial charge < -0.3 is 15.4 Å². The summed E-state index contributed by atoms with van der Waals surface area (Å²) in [6.45, 7) is 0.695. The Morgan fingerprint density at radius 3 is 2.61 bits per heavy atom. The van der Waals surface area contributed by atoms with Crippen LogP contribution in [0.3, 0.4) is 0 Å². The second-order valence-corrected chi connectivity index (χ2v) is 8.90. The number of ether oxygens (including phenoxy) is 1. The molecule has 0 atom stereocenters. The number of benzene rings is 1. The van der Waals surface area contributed by atoms with E-state index in [1.165, 1.54) is 11.3 Å². The largest absolute Gasteiger partial charge is 0.484 e. The smallest absolute Gasteiger partial charge is 0.261 e. The van der Waals surface area contributed by atoms with Gasteiger partial charge in [-0.3, -0.25) is 9.59 Å². The second-order valence-electron chi connectivity index (χ2n) is 7.90. The van der Waals surface area contributed by atoms with Crippen molar-refractivity contribution in [3.63, 3.8) is 0 Å². The van der Waals surface area contributed by atoms with Crippen molar-refractivity contribution in [2.75, 3.05) is 20.2 Å². The predicted octanol–water partition coefficient (Wildman–Crippen LogP) is 4.12. The molecule has 2 N–H and O–H groups in total. The molecule has 1 aromatic carbocycles. The molecule has 0 unspecified atom stereocenters. The molecule has 31 heavy (non-hydrogen) atoms. The number of pyridine rings is 1. The van der Waals surface area contributed by atoms with Gasteiger partial charge in [0.2, 0.25) is 0 Å². The number of hydrogen-bond acceptors (Lipinski definition) is 5. The summed E-state index contributed by atoms with van der Waals surface area (Å²) in [5.41, 5.74) is 1.14. The van der Waals surface area contributed by atoms with Crippen molar-refractivity contribution < 1.29 is 14.3 Å². The van der Waals surface area contributed by atoms with Crippen molar-refractivity contribution in [2.45, 2.75) is 31.6 Å². The van der Waals surface area contributed by atoms with E-state index >= 15 is 0 Å². The Morgan fingerprint density at radius 2 is 1.87 bits per heavy atom. The number of para-hydroxylation sites is 1. The van der Waals surface area contributed by atoms with E-state index in [2.05, 4.69) is 21.7 Å². The van der Waals surface area contributed by atoms with Gasteiger partial charge in [-0.05, 0) is 61.3 Å². The number of thiophene rings is 1. The number of fused-ring (bicyclic) bond motifs is 1. The van der Waals surface area contributed by atoms with Gasteiger partial charge in [-0.1, -0.05) is 24.3 Å². The number of carbonyl (C=O) groups excluding carboxylic acids is 2. The quantitative estimate of drug-likeness (QED) is 0.583. The van der Waals surface area contributed by atoms with Crippen LogP contribution in [0, 0.1) is 5.92 Å². The highest BCUT2D eigenvalue weighted by Gasteiger charge is 2.29. The first-order chi connectivity index (χ1) is 15.2. The molecule has 2 amide bonds. The van der Waals surface area contributed by atoms with Crippen molar-refractivity contribution in [2.24, 2.45) is 5.92 Å². The number of amides is 2. The number of carbonyl (C=O) groups is 2. The number of nitrogens with zero attached hydrogens (tertiary/aromatic N) is 1. The van der Waals surface area contributed by atoms with E-state index in [9.17, 15) is 9.59 Å².